The summed E-state index contributed by atoms with van der Waals surface area (Å²) >= 11 is 6.24. The van der Waals surface area contributed by atoms with Crippen molar-refractivity contribution >= 4 is 28.3 Å². The molecule has 1 amide bonds. The van der Waals surface area contributed by atoms with Gasteiger partial charge in [0.15, 0.2) is 5.69 Å². The molecular weight excluding hydrogens is 386 g/mol. The molecule has 0 saturated carbocycles. The summed E-state index contributed by atoms with van der Waals surface area (Å²) in [5.74, 6) is -0.286. The van der Waals surface area contributed by atoms with Crippen LogP contribution in [0.2, 0.25) is 5.02 Å². The molecule has 144 valence electrons. The topological polar surface area (TPSA) is 55.2 Å². The summed E-state index contributed by atoms with van der Waals surface area (Å²) in [6.07, 6.45) is 0. The lowest BCUT2D eigenvalue weighted by molar-refractivity contribution is 0.0779. The summed E-state index contributed by atoms with van der Waals surface area (Å²) in [4.78, 5) is 27.8. The highest BCUT2D eigenvalue weighted by Gasteiger charge is 2.21. The molecule has 1 aromatic heterocycles. The number of fused-ring (bicyclic) bond motifs is 1. The van der Waals surface area contributed by atoms with E-state index in [0.717, 1.165) is 5.56 Å². The first-order chi connectivity index (χ1) is 14.1. The molecule has 0 aliphatic rings. The largest absolute Gasteiger partial charge is 0.336 e. The average molecular weight is 404 g/mol. The van der Waals surface area contributed by atoms with E-state index in [1.54, 1.807) is 54.4 Å². The third-order valence-corrected chi connectivity index (χ3v) is 5.09. The summed E-state index contributed by atoms with van der Waals surface area (Å²) in [6.45, 7) is 0.332. The smallest absolute Gasteiger partial charge is 0.279 e. The van der Waals surface area contributed by atoms with Crippen LogP contribution in [-0.4, -0.2) is 27.6 Å². The molecule has 0 aliphatic heterocycles. The van der Waals surface area contributed by atoms with Crippen LogP contribution in [0.4, 0.5) is 0 Å². The van der Waals surface area contributed by atoms with E-state index < -0.39 is 0 Å². The molecule has 0 atom stereocenters. The minimum atomic E-state index is -0.286. The van der Waals surface area contributed by atoms with Gasteiger partial charge in [-0.25, -0.2) is 0 Å². The molecule has 0 N–H and O–H groups in total. The minimum Gasteiger partial charge on any atom is -0.336 e. The van der Waals surface area contributed by atoms with Crippen molar-refractivity contribution in [2.45, 2.75) is 6.54 Å². The standard InChI is InChI=1S/C23H18ClN3O2/c1-26(15-16-9-5-8-14-20(16)24)23(29)21-18-12-6-7-13-19(18)22(28)27(25-21)17-10-3-2-4-11-17/h2-14H,15H2,1H3. The Bertz CT molecular complexity index is 1250. The first-order valence-electron chi connectivity index (χ1n) is 9.12. The third-order valence-electron chi connectivity index (χ3n) is 4.72. The number of hydrogen-bond donors (Lipinski definition) is 0. The molecule has 0 unspecified atom stereocenters. The highest BCUT2D eigenvalue weighted by Crippen LogP contribution is 2.20. The second-order valence-corrected chi connectivity index (χ2v) is 7.11. The van der Waals surface area contributed by atoms with Gasteiger partial charge in [-0.1, -0.05) is 66.2 Å². The van der Waals surface area contributed by atoms with Crippen LogP contribution in [0.5, 0.6) is 0 Å². The molecule has 0 saturated heterocycles. The van der Waals surface area contributed by atoms with E-state index in [2.05, 4.69) is 5.10 Å². The molecule has 4 aromatic rings. The van der Waals surface area contributed by atoms with Gasteiger partial charge in [0.1, 0.15) is 0 Å². The SMILES string of the molecule is CN(Cc1ccccc1Cl)C(=O)c1nn(-c2ccccc2)c(=O)c2ccccc12. The number of amides is 1. The van der Waals surface area contributed by atoms with E-state index in [-0.39, 0.29) is 17.2 Å². The molecule has 0 radical (unpaired) electrons. The predicted molar refractivity (Wildman–Crippen MR) is 115 cm³/mol. The van der Waals surface area contributed by atoms with Crippen LogP contribution in [0.1, 0.15) is 16.1 Å². The van der Waals surface area contributed by atoms with Crippen molar-refractivity contribution in [2.24, 2.45) is 0 Å². The maximum Gasteiger partial charge on any atom is 0.279 e. The van der Waals surface area contributed by atoms with Crippen LogP contribution in [0.25, 0.3) is 16.5 Å². The first kappa shape index (κ1) is 18.9. The van der Waals surface area contributed by atoms with Crippen LogP contribution in [0.3, 0.4) is 0 Å². The molecule has 5 nitrogen and oxygen atoms in total. The summed E-state index contributed by atoms with van der Waals surface area (Å²) in [5, 5.41) is 6.01. The third kappa shape index (κ3) is 3.65. The Hall–Kier alpha value is -3.44. The molecule has 4 rings (SSSR count). The molecule has 1 heterocycles. The maximum atomic E-state index is 13.3. The molecule has 0 spiro atoms. The number of para-hydroxylation sites is 1. The van der Waals surface area contributed by atoms with Crippen molar-refractivity contribution in [1.29, 1.82) is 0 Å². The Morgan fingerprint density at radius 3 is 2.28 bits per heavy atom. The van der Waals surface area contributed by atoms with Crippen molar-refractivity contribution in [2.75, 3.05) is 7.05 Å². The Morgan fingerprint density at radius 1 is 0.931 bits per heavy atom. The van der Waals surface area contributed by atoms with Gasteiger partial charge in [-0.05, 0) is 29.8 Å². The minimum absolute atomic E-state index is 0.221. The number of benzene rings is 3. The molecule has 6 heteroatoms. The Balaban J connectivity index is 1.82. The molecule has 0 fully saturated rings. The summed E-state index contributed by atoms with van der Waals surface area (Å²) < 4.78 is 1.28. The lowest BCUT2D eigenvalue weighted by Gasteiger charge is -2.19. The normalized spacial score (nSPS) is 10.8. The van der Waals surface area contributed by atoms with Gasteiger partial charge >= 0.3 is 0 Å². The van der Waals surface area contributed by atoms with Gasteiger partial charge in [0.2, 0.25) is 0 Å². The number of carbonyl (C=O) groups is 1. The van der Waals surface area contributed by atoms with E-state index in [0.29, 0.717) is 28.0 Å². The zero-order valence-corrected chi connectivity index (χ0v) is 16.5. The highest BCUT2D eigenvalue weighted by atomic mass is 35.5. The fraction of sp³-hybridized carbons (Fsp3) is 0.0870. The number of nitrogens with zero attached hydrogens (tertiary/aromatic N) is 3. The van der Waals surface area contributed by atoms with E-state index in [9.17, 15) is 9.59 Å². The fourth-order valence-electron chi connectivity index (χ4n) is 3.23. The number of hydrogen-bond acceptors (Lipinski definition) is 3. The van der Waals surface area contributed by atoms with Crippen molar-refractivity contribution < 1.29 is 4.79 Å². The molecule has 3 aromatic carbocycles. The number of rotatable bonds is 4. The van der Waals surface area contributed by atoms with Crippen LogP contribution in [0, 0.1) is 0 Å². The van der Waals surface area contributed by atoms with Crippen molar-refractivity contribution in [3.05, 3.63) is 105 Å². The Kier molecular flexibility index (Phi) is 5.14. The predicted octanol–water partition coefficient (Wildman–Crippen LogP) is 4.31. The Labute approximate surface area is 172 Å². The second-order valence-electron chi connectivity index (χ2n) is 6.70. The molecular formula is C23H18ClN3O2. The lowest BCUT2D eigenvalue weighted by atomic mass is 10.1. The van der Waals surface area contributed by atoms with Crippen LogP contribution in [0.15, 0.2) is 83.7 Å². The van der Waals surface area contributed by atoms with E-state index >= 15 is 0 Å². The molecule has 29 heavy (non-hydrogen) atoms. The van der Waals surface area contributed by atoms with E-state index in [1.165, 1.54) is 4.68 Å². The van der Waals surface area contributed by atoms with E-state index in [4.69, 9.17) is 11.6 Å². The van der Waals surface area contributed by atoms with Crippen molar-refractivity contribution in [1.82, 2.24) is 14.7 Å². The van der Waals surface area contributed by atoms with Gasteiger partial charge in [-0.2, -0.15) is 9.78 Å². The maximum absolute atomic E-state index is 13.3. The van der Waals surface area contributed by atoms with Gasteiger partial charge in [-0.15, -0.1) is 0 Å². The molecule has 0 aliphatic carbocycles. The first-order valence-corrected chi connectivity index (χ1v) is 9.50. The van der Waals surface area contributed by atoms with Gasteiger partial charge < -0.3 is 4.90 Å². The summed E-state index contributed by atoms with van der Waals surface area (Å²) in [6, 6.07) is 23.5. The van der Waals surface area contributed by atoms with Crippen molar-refractivity contribution in [3.63, 3.8) is 0 Å². The number of aromatic nitrogens is 2. The van der Waals surface area contributed by atoms with Crippen LogP contribution in [-0.2, 0) is 6.54 Å². The second kappa shape index (κ2) is 7.89. The van der Waals surface area contributed by atoms with Crippen LogP contribution >= 0.6 is 11.6 Å². The lowest BCUT2D eigenvalue weighted by Crippen LogP contribution is -2.31. The zero-order valence-electron chi connectivity index (χ0n) is 15.7. The van der Waals surface area contributed by atoms with E-state index in [1.807, 2.05) is 36.4 Å². The fourth-order valence-corrected chi connectivity index (χ4v) is 3.42. The van der Waals surface area contributed by atoms with Crippen molar-refractivity contribution in [3.8, 4) is 5.69 Å². The van der Waals surface area contributed by atoms with Gasteiger partial charge in [0.25, 0.3) is 11.5 Å². The molecule has 0 bridgehead atoms. The van der Waals surface area contributed by atoms with Crippen LogP contribution < -0.4 is 5.56 Å². The average Bonchev–Trinajstić information content (AvgIpc) is 2.76. The number of carbonyl (C=O) groups excluding carboxylic acids is 1. The van der Waals surface area contributed by atoms with Gasteiger partial charge in [-0.3, -0.25) is 9.59 Å². The van der Waals surface area contributed by atoms with Gasteiger partial charge in [0, 0.05) is 24.0 Å². The summed E-state index contributed by atoms with van der Waals surface area (Å²) in [5.41, 5.74) is 1.40. The summed E-state index contributed by atoms with van der Waals surface area (Å²) in [7, 11) is 1.69. The highest BCUT2D eigenvalue weighted by molar-refractivity contribution is 6.31. The monoisotopic (exact) mass is 403 g/mol. The number of halogens is 1. The zero-order chi connectivity index (χ0) is 20.4. The Morgan fingerprint density at radius 2 is 1.55 bits per heavy atom. The quantitative estimate of drug-likeness (QED) is 0.510. The van der Waals surface area contributed by atoms with Gasteiger partial charge in [0.05, 0.1) is 11.1 Å².